The van der Waals surface area contributed by atoms with Crippen molar-refractivity contribution in [1.82, 2.24) is 5.32 Å². The maximum absolute atomic E-state index is 3.66. The fourth-order valence-corrected chi connectivity index (χ4v) is 3.59. The van der Waals surface area contributed by atoms with Crippen LogP contribution in [0, 0.1) is 19.8 Å². The van der Waals surface area contributed by atoms with Gasteiger partial charge in [0.15, 0.2) is 0 Å². The maximum Gasteiger partial charge on any atom is 0.0320 e. The number of benzene rings is 1. The minimum atomic E-state index is 0.508. The van der Waals surface area contributed by atoms with Gasteiger partial charge in [-0.2, -0.15) is 0 Å². The Hall–Kier alpha value is -0.340. The van der Waals surface area contributed by atoms with E-state index in [2.05, 4.69) is 54.3 Å². The van der Waals surface area contributed by atoms with E-state index in [1.807, 2.05) is 0 Å². The summed E-state index contributed by atoms with van der Waals surface area (Å²) in [5, 5.41) is 3.52. The lowest BCUT2D eigenvalue weighted by Crippen LogP contribution is -2.21. The van der Waals surface area contributed by atoms with Crippen molar-refractivity contribution in [2.75, 3.05) is 7.05 Å². The van der Waals surface area contributed by atoms with E-state index in [9.17, 15) is 0 Å². The van der Waals surface area contributed by atoms with Gasteiger partial charge >= 0.3 is 0 Å². The van der Waals surface area contributed by atoms with Crippen LogP contribution in [-0.4, -0.2) is 7.05 Å². The number of aryl methyl sites for hydroxylation is 2. The molecular weight excluding hydrogens is 298 g/mol. The molecule has 0 amide bonds. The first-order valence-electron chi connectivity index (χ1n) is 7.55. The molecule has 0 aromatic heterocycles. The summed E-state index contributed by atoms with van der Waals surface area (Å²) in [6, 6.07) is 5.18. The quantitative estimate of drug-likeness (QED) is 0.793. The first-order valence-corrected chi connectivity index (χ1v) is 8.35. The van der Waals surface area contributed by atoms with E-state index in [0.29, 0.717) is 6.04 Å². The molecule has 1 aromatic carbocycles. The second kappa shape index (κ2) is 6.90. The van der Waals surface area contributed by atoms with E-state index in [0.717, 1.165) is 5.92 Å². The highest BCUT2D eigenvalue weighted by atomic mass is 79.9. The molecule has 0 aliphatic heterocycles. The highest BCUT2D eigenvalue weighted by Crippen LogP contribution is 2.33. The van der Waals surface area contributed by atoms with Gasteiger partial charge < -0.3 is 5.32 Å². The molecule has 1 atom stereocenters. The molecule has 1 aliphatic carbocycles. The molecule has 0 saturated heterocycles. The van der Waals surface area contributed by atoms with E-state index in [1.54, 1.807) is 0 Å². The molecule has 0 radical (unpaired) electrons. The molecule has 1 aromatic rings. The van der Waals surface area contributed by atoms with Crippen molar-refractivity contribution in [1.29, 1.82) is 0 Å². The van der Waals surface area contributed by atoms with Crippen LogP contribution in [0.4, 0.5) is 0 Å². The zero-order chi connectivity index (χ0) is 13.8. The SMILES string of the molecule is CNC(CC1CCCCC1)c1cc(C)c(Br)c(C)c1. The van der Waals surface area contributed by atoms with Crippen LogP contribution in [0.2, 0.25) is 0 Å². The number of rotatable bonds is 4. The Bertz CT molecular complexity index is 398. The summed E-state index contributed by atoms with van der Waals surface area (Å²) >= 11 is 3.66. The minimum absolute atomic E-state index is 0.508. The van der Waals surface area contributed by atoms with E-state index >= 15 is 0 Å². The molecule has 1 unspecified atom stereocenters. The molecule has 1 N–H and O–H groups in total. The normalized spacial score (nSPS) is 18.5. The molecule has 1 saturated carbocycles. The Morgan fingerprint density at radius 1 is 1.16 bits per heavy atom. The second-order valence-corrected chi connectivity index (χ2v) is 6.84. The van der Waals surface area contributed by atoms with Crippen LogP contribution < -0.4 is 5.32 Å². The largest absolute Gasteiger partial charge is 0.313 e. The summed E-state index contributed by atoms with van der Waals surface area (Å²) < 4.78 is 1.25. The van der Waals surface area contributed by atoms with Crippen molar-refractivity contribution >= 4 is 15.9 Å². The smallest absolute Gasteiger partial charge is 0.0320 e. The molecule has 1 fully saturated rings. The van der Waals surface area contributed by atoms with E-state index in [1.165, 1.54) is 59.7 Å². The summed E-state index contributed by atoms with van der Waals surface area (Å²) in [5.41, 5.74) is 4.14. The lowest BCUT2D eigenvalue weighted by Gasteiger charge is -2.27. The molecule has 2 heteroatoms. The summed E-state index contributed by atoms with van der Waals surface area (Å²) in [7, 11) is 2.10. The van der Waals surface area contributed by atoms with Gasteiger partial charge in [0.2, 0.25) is 0 Å². The Balaban J connectivity index is 2.12. The fourth-order valence-electron chi connectivity index (χ4n) is 3.36. The van der Waals surface area contributed by atoms with Crippen molar-refractivity contribution < 1.29 is 0 Å². The lowest BCUT2D eigenvalue weighted by atomic mass is 9.83. The number of hydrogen-bond acceptors (Lipinski definition) is 1. The van der Waals surface area contributed by atoms with Gasteiger partial charge in [-0.1, -0.05) is 60.2 Å². The highest BCUT2D eigenvalue weighted by Gasteiger charge is 2.19. The Morgan fingerprint density at radius 3 is 2.26 bits per heavy atom. The maximum atomic E-state index is 3.66. The standard InChI is InChI=1S/C17H26BrN/c1-12-9-15(10-13(2)17(12)18)16(19-3)11-14-7-5-4-6-8-14/h9-10,14,16,19H,4-8,11H2,1-3H3. The molecule has 0 bridgehead atoms. The van der Waals surface area contributed by atoms with Crippen molar-refractivity contribution in [3.05, 3.63) is 33.3 Å². The first-order chi connectivity index (χ1) is 9.11. The van der Waals surface area contributed by atoms with Crippen molar-refractivity contribution in [3.8, 4) is 0 Å². The van der Waals surface area contributed by atoms with Crippen LogP contribution in [0.3, 0.4) is 0 Å². The Labute approximate surface area is 126 Å². The van der Waals surface area contributed by atoms with Crippen LogP contribution in [0.5, 0.6) is 0 Å². The van der Waals surface area contributed by atoms with E-state index in [-0.39, 0.29) is 0 Å². The predicted octanol–water partition coefficient (Wildman–Crippen LogP) is 5.30. The molecule has 1 nitrogen and oxygen atoms in total. The van der Waals surface area contributed by atoms with E-state index < -0.39 is 0 Å². The van der Waals surface area contributed by atoms with Gasteiger partial charge in [0.1, 0.15) is 0 Å². The summed E-state index contributed by atoms with van der Waals surface area (Å²) in [5.74, 6) is 0.912. The Kier molecular flexibility index (Phi) is 5.47. The van der Waals surface area contributed by atoms with Gasteiger partial charge in [0.05, 0.1) is 0 Å². The lowest BCUT2D eigenvalue weighted by molar-refractivity contribution is 0.305. The van der Waals surface area contributed by atoms with Gasteiger partial charge in [-0.3, -0.25) is 0 Å². The van der Waals surface area contributed by atoms with Gasteiger partial charge in [0, 0.05) is 10.5 Å². The van der Waals surface area contributed by atoms with Crippen LogP contribution >= 0.6 is 15.9 Å². The summed E-state index contributed by atoms with van der Waals surface area (Å²) in [4.78, 5) is 0. The second-order valence-electron chi connectivity index (χ2n) is 6.05. The van der Waals surface area contributed by atoms with E-state index in [4.69, 9.17) is 0 Å². The third-order valence-electron chi connectivity index (χ3n) is 4.50. The average Bonchev–Trinajstić information content (AvgIpc) is 2.42. The highest BCUT2D eigenvalue weighted by molar-refractivity contribution is 9.10. The zero-order valence-corrected chi connectivity index (χ0v) is 14.0. The van der Waals surface area contributed by atoms with Gasteiger partial charge in [-0.15, -0.1) is 0 Å². The monoisotopic (exact) mass is 323 g/mol. The topological polar surface area (TPSA) is 12.0 Å². The van der Waals surface area contributed by atoms with Crippen LogP contribution in [0.25, 0.3) is 0 Å². The van der Waals surface area contributed by atoms with Gasteiger partial charge in [0.25, 0.3) is 0 Å². The summed E-state index contributed by atoms with van der Waals surface area (Å²) in [6.45, 7) is 4.38. The summed E-state index contributed by atoms with van der Waals surface area (Å²) in [6.07, 6.45) is 8.44. The molecule has 0 spiro atoms. The molecule has 106 valence electrons. The predicted molar refractivity (Wildman–Crippen MR) is 86.6 cm³/mol. The van der Waals surface area contributed by atoms with Gasteiger partial charge in [-0.05, 0) is 49.9 Å². The third-order valence-corrected chi connectivity index (χ3v) is 5.75. The zero-order valence-electron chi connectivity index (χ0n) is 12.4. The fraction of sp³-hybridized carbons (Fsp3) is 0.647. The number of nitrogens with one attached hydrogen (secondary N) is 1. The van der Waals surface area contributed by atoms with Crippen LogP contribution in [0.1, 0.15) is 61.3 Å². The molecule has 2 rings (SSSR count). The van der Waals surface area contributed by atoms with Crippen molar-refractivity contribution in [3.63, 3.8) is 0 Å². The molecular formula is C17H26BrN. The molecule has 1 aliphatic rings. The van der Waals surface area contributed by atoms with Crippen LogP contribution in [-0.2, 0) is 0 Å². The number of halogens is 1. The minimum Gasteiger partial charge on any atom is -0.313 e. The Morgan fingerprint density at radius 2 is 1.74 bits per heavy atom. The van der Waals surface area contributed by atoms with Crippen molar-refractivity contribution in [2.45, 2.75) is 58.4 Å². The molecule has 0 heterocycles. The van der Waals surface area contributed by atoms with Crippen LogP contribution in [0.15, 0.2) is 16.6 Å². The third kappa shape index (κ3) is 3.82. The average molecular weight is 324 g/mol. The van der Waals surface area contributed by atoms with Crippen molar-refractivity contribution in [2.24, 2.45) is 5.92 Å². The first kappa shape index (κ1) is 15.1. The molecule has 19 heavy (non-hydrogen) atoms. The van der Waals surface area contributed by atoms with Gasteiger partial charge in [-0.25, -0.2) is 0 Å². The number of hydrogen-bond donors (Lipinski definition) is 1.